The Balaban J connectivity index is 1.95. The van der Waals surface area contributed by atoms with Crippen molar-refractivity contribution in [3.63, 3.8) is 0 Å². The molecule has 0 bridgehead atoms. The van der Waals surface area contributed by atoms with Gasteiger partial charge in [0.15, 0.2) is 0 Å². The number of nitrogens with two attached hydrogens (primary N) is 1. The first kappa shape index (κ1) is 11.8. The molecule has 92 valence electrons. The van der Waals surface area contributed by atoms with Crippen LogP contribution in [0.4, 0.5) is 11.4 Å². The molecular formula is C13H18N2O2. The summed E-state index contributed by atoms with van der Waals surface area (Å²) in [7, 11) is 0. The minimum atomic E-state index is -0.981. The number of carboxylic acid groups (broad SMARTS) is 1. The Morgan fingerprint density at radius 3 is 2.82 bits per heavy atom. The lowest BCUT2D eigenvalue weighted by molar-refractivity contribution is 0.0698. The maximum Gasteiger partial charge on any atom is 0.337 e. The molecule has 2 rings (SSSR count). The zero-order chi connectivity index (χ0) is 12.3. The number of benzene rings is 1. The average Bonchev–Trinajstić information content (AvgIpc) is 2.23. The largest absolute Gasteiger partial charge is 0.478 e. The summed E-state index contributed by atoms with van der Waals surface area (Å²) in [5, 5.41) is 12.2. The van der Waals surface area contributed by atoms with Crippen LogP contribution in [0, 0.1) is 5.92 Å². The van der Waals surface area contributed by atoms with E-state index in [1.807, 2.05) is 6.07 Å². The summed E-state index contributed by atoms with van der Waals surface area (Å²) in [6.45, 7) is 0.859. The van der Waals surface area contributed by atoms with Gasteiger partial charge < -0.3 is 16.2 Å². The van der Waals surface area contributed by atoms with Crippen LogP contribution in [-0.2, 0) is 0 Å². The van der Waals surface area contributed by atoms with E-state index in [4.69, 9.17) is 10.8 Å². The first-order chi connectivity index (χ1) is 8.18. The van der Waals surface area contributed by atoms with Crippen molar-refractivity contribution in [3.8, 4) is 0 Å². The summed E-state index contributed by atoms with van der Waals surface area (Å²) in [4.78, 5) is 10.9. The molecular weight excluding hydrogens is 216 g/mol. The Hall–Kier alpha value is -1.71. The Kier molecular flexibility index (Phi) is 3.52. The van der Waals surface area contributed by atoms with E-state index in [-0.39, 0.29) is 5.56 Å². The van der Waals surface area contributed by atoms with Crippen molar-refractivity contribution >= 4 is 17.3 Å². The van der Waals surface area contributed by atoms with Gasteiger partial charge in [-0.05, 0) is 24.5 Å². The predicted molar refractivity (Wildman–Crippen MR) is 68.3 cm³/mol. The molecule has 0 amide bonds. The van der Waals surface area contributed by atoms with Crippen molar-refractivity contribution in [2.45, 2.75) is 25.7 Å². The summed E-state index contributed by atoms with van der Waals surface area (Å²) in [6, 6.07) is 5.06. The van der Waals surface area contributed by atoms with Crippen LogP contribution < -0.4 is 11.1 Å². The van der Waals surface area contributed by atoms with E-state index in [0.29, 0.717) is 5.69 Å². The van der Waals surface area contributed by atoms with Crippen molar-refractivity contribution in [3.05, 3.63) is 23.8 Å². The Labute approximate surface area is 101 Å². The van der Waals surface area contributed by atoms with Crippen LogP contribution in [0.25, 0.3) is 0 Å². The Bertz CT molecular complexity index is 414. The summed E-state index contributed by atoms with van der Waals surface area (Å²) in [6.07, 6.45) is 5.14. The predicted octanol–water partition coefficient (Wildman–Crippen LogP) is 2.57. The lowest BCUT2D eigenvalue weighted by atomic mass is 9.83. The van der Waals surface area contributed by atoms with Gasteiger partial charge in [-0.15, -0.1) is 0 Å². The molecule has 1 aliphatic rings. The second kappa shape index (κ2) is 5.08. The fraction of sp³-hybridized carbons (Fsp3) is 0.462. The van der Waals surface area contributed by atoms with E-state index >= 15 is 0 Å². The molecule has 0 aromatic heterocycles. The molecule has 0 saturated heterocycles. The Morgan fingerprint density at radius 2 is 2.24 bits per heavy atom. The fourth-order valence-corrected chi connectivity index (χ4v) is 2.10. The number of carboxylic acids is 1. The molecule has 1 aromatic carbocycles. The highest BCUT2D eigenvalue weighted by molar-refractivity contribution is 5.97. The van der Waals surface area contributed by atoms with E-state index in [1.165, 1.54) is 25.3 Å². The van der Waals surface area contributed by atoms with Gasteiger partial charge in [0.05, 0.1) is 16.9 Å². The monoisotopic (exact) mass is 234 g/mol. The third-order valence-electron chi connectivity index (χ3n) is 3.43. The third-order valence-corrected chi connectivity index (χ3v) is 3.43. The molecule has 4 nitrogen and oxygen atoms in total. The highest BCUT2D eigenvalue weighted by Gasteiger charge is 2.17. The topological polar surface area (TPSA) is 75.3 Å². The van der Waals surface area contributed by atoms with Crippen molar-refractivity contribution < 1.29 is 9.90 Å². The van der Waals surface area contributed by atoms with Gasteiger partial charge in [0.2, 0.25) is 0 Å². The molecule has 1 aliphatic carbocycles. The first-order valence-corrected chi connectivity index (χ1v) is 6.04. The zero-order valence-electron chi connectivity index (χ0n) is 9.78. The van der Waals surface area contributed by atoms with Crippen LogP contribution >= 0.6 is 0 Å². The van der Waals surface area contributed by atoms with Gasteiger partial charge in [-0.1, -0.05) is 25.3 Å². The first-order valence-electron chi connectivity index (χ1n) is 6.04. The van der Waals surface area contributed by atoms with Crippen LogP contribution in [0.2, 0.25) is 0 Å². The van der Waals surface area contributed by atoms with Crippen LogP contribution in [0.1, 0.15) is 36.0 Å². The lowest BCUT2D eigenvalue weighted by Gasteiger charge is -2.25. The van der Waals surface area contributed by atoms with Crippen LogP contribution in [0.15, 0.2) is 18.2 Å². The second-order valence-corrected chi connectivity index (χ2v) is 4.58. The number of hydrogen-bond acceptors (Lipinski definition) is 3. The number of anilines is 2. The van der Waals surface area contributed by atoms with Gasteiger partial charge >= 0.3 is 5.97 Å². The van der Waals surface area contributed by atoms with E-state index < -0.39 is 5.97 Å². The number of para-hydroxylation sites is 1. The molecule has 0 spiro atoms. The molecule has 4 heteroatoms. The smallest absolute Gasteiger partial charge is 0.337 e. The number of rotatable bonds is 5. The maximum atomic E-state index is 10.9. The van der Waals surface area contributed by atoms with Crippen LogP contribution in [0.5, 0.6) is 0 Å². The van der Waals surface area contributed by atoms with E-state index in [2.05, 4.69) is 5.32 Å². The zero-order valence-corrected chi connectivity index (χ0v) is 9.78. The minimum absolute atomic E-state index is 0.165. The number of nitrogen functional groups attached to an aromatic ring is 1. The summed E-state index contributed by atoms with van der Waals surface area (Å²) >= 11 is 0. The quantitative estimate of drug-likeness (QED) is 0.684. The molecule has 17 heavy (non-hydrogen) atoms. The molecule has 1 saturated carbocycles. The second-order valence-electron chi connectivity index (χ2n) is 4.58. The van der Waals surface area contributed by atoms with Gasteiger partial charge in [0.1, 0.15) is 0 Å². The van der Waals surface area contributed by atoms with Crippen molar-refractivity contribution in [2.75, 3.05) is 17.6 Å². The summed E-state index contributed by atoms with van der Waals surface area (Å²) in [5.74, 6) is -0.142. The average molecular weight is 234 g/mol. The molecule has 0 aliphatic heterocycles. The minimum Gasteiger partial charge on any atom is -0.478 e. The van der Waals surface area contributed by atoms with Crippen molar-refractivity contribution in [2.24, 2.45) is 5.92 Å². The summed E-state index contributed by atoms with van der Waals surface area (Å²) in [5.41, 5.74) is 7.02. The molecule has 4 N–H and O–H groups in total. The van der Waals surface area contributed by atoms with Crippen LogP contribution in [0.3, 0.4) is 0 Å². The third kappa shape index (κ3) is 2.70. The number of carbonyl (C=O) groups is 1. The number of hydrogen-bond donors (Lipinski definition) is 3. The standard InChI is InChI=1S/C13H18N2O2/c14-12-10(13(16)17)5-2-6-11(12)15-8-7-9-3-1-4-9/h2,5-6,9,15H,1,3-4,7-8,14H2,(H,16,17). The Morgan fingerprint density at radius 1 is 1.47 bits per heavy atom. The normalized spacial score (nSPS) is 15.3. The van der Waals surface area contributed by atoms with Gasteiger partial charge in [0, 0.05) is 6.54 Å². The fourth-order valence-electron chi connectivity index (χ4n) is 2.10. The highest BCUT2D eigenvalue weighted by Crippen LogP contribution is 2.29. The molecule has 0 unspecified atom stereocenters. The summed E-state index contributed by atoms with van der Waals surface area (Å²) < 4.78 is 0. The highest BCUT2D eigenvalue weighted by atomic mass is 16.4. The van der Waals surface area contributed by atoms with E-state index in [1.54, 1.807) is 6.07 Å². The molecule has 0 heterocycles. The number of nitrogens with one attached hydrogen (secondary N) is 1. The van der Waals surface area contributed by atoms with Crippen LogP contribution in [-0.4, -0.2) is 17.6 Å². The van der Waals surface area contributed by atoms with Crippen molar-refractivity contribution in [1.29, 1.82) is 0 Å². The van der Waals surface area contributed by atoms with E-state index in [9.17, 15) is 4.79 Å². The van der Waals surface area contributed by atoms with Gasteiger partial charge in [-0.25, -0.2) is 4.79 Å². The number of aromatic carboxylic acids is 1. The molecule has 1 fully saturated rings. The van der Waals surface area contributed by atoms with Gasteiger partial charge in [-0.3, -0.25) is 0 Å². The van der Waals surface area contributed by atoms with E-state index in [0.717, 1.165) is 24.6 Å². The molecule has 0 radical (unpaired) electrons. The maximum absolute atomic E-state index is 10.9. The van der Waals surface area contributed by atoms with Crippen molar-refractivity contribution in [1.82, 2.24) is 0 Å². The molecule has 1 aromatic rings. The SMILES string of the molecule is Nc1c(NCCC2CCC2)cccc1C(=O)O. The van der Waals surface area contributed by atoms with Gasteiger partial charge in [0.25, 0.3) is 0 Å². The lowest BCUT2D eigenvalue weighted by Crippen LogP contribution is -2.16. The van der Waals surface area contributed by atoms with Gasteiger partial charge in [-0.2, -0.15) is 0 Å². The molecule has 0 atom stereocenters.